The molecule has 0 aromatic heterocycles. The molecular formula is C11H22N2O4. The van der Waals surface area contributed by atoms with Gasteiger partial charge >= 0.3 is 5.97 Å². The highest BCUT2D eigenvalue weighted by Crippen LogP contribution is 2.07. The van der Waals surface area contributed by atoms with E-state index in [1.807, 2.05) is 0 Å². The fourth-order valence-corrected chi connectivity index (χ4v) is 1.38. The Hall–Kier alpha value is -1.14. The van der Waals surface area contributed by atoms with E-state index in [0.717, 1.165) is 0 Å². The first kappa shape index (κ1) is 15.9. The molecule has 6 heteroatoms. The van der Waals surface area contributed by atoms with Gasteiger partial charge in [0.15, 0.2) is 0 Å². The maximum absolute atomic E-state index is 11.1. The van der Waals surface area contributed by atoms with Gasteiger partial charge in [0.05, 0.1) is 19.1 Å². The van der Waals surface area contributed by atoms with Gasteiger partial charge in [0.2, 0.25) is 5.91 Å². The lowest BCUT2D eigenvalue weighted by Gasteiger charge is -2.26. The quantitative estimate of drug-likeness (QED) is 0.503. The molecule has 17 heavy (non-hydrogen) atoms. The van der Waals surface area contributed by atoms with E-state index in [9.17, 15) is 14.7 Å². The van der Waals surface area contributed by atoms with Gasteiger partial charge in [-0.05, 0) is 20.8 Å². The summed E-state index contributed by atoms with van der Waals surface area (Å²) in [5.74, 6) is -0.850. The molecule has 0 fully saturated rings. The van der Waals surface area contributed by atoms with Crippen molar-refractivity contribution in [2.75, 3.05) is 13.2 Å². The lowest BCUT2D eigenvalue weighted by atomic mass is 10.00. The lowest BCUT2D eigenvalue weighted by Crippen LogP contribution is -2.46. The smallest absolute Gasteiger partial charge is 0.308 e. The minimum Gasteiger partial charge on any atom is -0.466 e. The van der Waals surface area contributed by atoms with Crippen molar-refractivity contribution in [2.45, 2.75) is 45.3 Å². The van der Waals surface area contributed by atoms with Gasteiger partial charge in [-0.3, -0.25) is 9.59 Å². The molecule has 0 radical (unpaired) electrons. The molecule has 0 spiro atoms. The predicted octanol–water partition coefficient (Wildman–Crippen LogP) is -0.456. The van der Waals surface area contributed by atoms with Gasteiger partial charge in [-0.1, -0.05) is 0 Å². The summed E-state index contributed by atoms with van der Waals surface area (Å²) < 4.78 is 4.71. The van der Waals surface area contributed by atoms with Crippen LogP contribution < -0.4 is 11.1 Å². The lowest BCUT2D eigenvalue weighted by molar-refractivity contribution is -0.145. The summed E-state index contributed by atoms with van der Waals surface area (Å²) in [6.45, 7) is 5.81. The molecule has 1 unspecified atom stereocenters. The van der Waals surface area contributed by atoms with Gasteiger partial charge in [-0.15, -0.1) is 0 Å². The first-order valence-electron chi connectivity index (χ1n) is 5.64. The fraction of sp³-hybridized carbons (Fsp3) is 0.818. The maximum Gasteiger partial charge on any atom is 0.308 e. The number of carbonyl (C=O) groups excluding carboxylic acids is 2. The fourth-order valence-electron chi connectivity index (χ4n) is 1.38. The van der Waals surface area contributed by atoms with Crippen LogP contribution in [0.3, 0.4) is 0 Å². The number of aliphatic hydroxyl groups excluding tert-OH is 1. The van der Waals surface area contributed by atoms with E-state index in [1.54, 1.807) is 20.8 Å². The molecule has 0 aromatic carbocycles. The van der Waals surface area contributed by atoms with Crippen LogP contribution in [0.2, 0.25) is 0 Å². The van der Waals surface area contributed by atoms with Gasteiger partial charge in [-0.25, -0.2) is 0 Å². The van der Waals surface area contributed by atoms with Crippen LogP contribution in [0.15, 0.2) is 0 Å². The summed E-state index contributed by atoms with van der Waals surface area (Å²) in [6.07, 6.45) is -0.728. The van der Waals surface area contributed by atoms with Crippen LogP contribution in [0, 0.1) is 0 Å². The van der Waals surface area contributed by atoms with Crippen LogP contribution in [0.1, 0.15) is 33.6 Å². The number of primary amides is 1. The highest BCUT2D eigenvalue weighted by atomic mass is 16.5. The van der Waals surface area contributed by atoms with Crippen LogP contribution in [0.4, 0.5) is 0 Å². The third kappa shape index (κ3) is 8.65. The Bertz CT molecular complexity index is 266. The average Bonchev–Trinajstić information content (AvgIpc) is 2.13. The highest BCUT2D eigenvalue weighted by molar-refractivity contribution is 5.75. The van der Waals surface area contributed by atoms with Crippen molar-refractivity contribution in [1.82, 2.24) is 5.32 Å². The molecule has 0 aliphatic rings. The molecule has 0 heterocycles. The van der Waals surface area contributed by atoms with Crippen molar-refractivity contribution >= 4 is 11.9 Å². The van der Waals surface area contributed by atoms with Crippen LogP contribution >= 0.6 is 0 Å². The molecule has 1 amide bonds. The van der Waals surface area contributed by atoms with E-state index >= 15 is 0 Å². The van der Waals surface area contributed by atoms with Crippen molar-refractivity contribution in [3.63, 3.8) is 0 Å². The minimum absolute atomic E-state index is 0.0620. The van der Waals surface area contributed by atoms with E-state index < -0.39 is 23.5 Å². The Morgan fingerprint density at radius 2 is 2.06 bits per heavy atom. The molecule has 100 valence electrons. The van der Waals surface area contributed by atoms with Gasteiger partial charge in [0.1, 0.15) is 0 Å². The van der Waals surface area contributed by atoms with Crippen LogP contribution in [-0.4, -0.2) is 41.8 Å². The number of esters is 1. The van der Waals surface area contributed by atoms with Crippen molar-refractivity contribution < 1.29 is 19.4 Å². The second-order valence-corrected chi connectivity index (χ2v) is 4.57. The monoisotopic (exact) mass is 246 g/mol. The Balaban J connectivity index is 3.93. The molecule has 0 saturated carbocycles. The topological polar surface area (TPSA) is 102 Å². The summed E-state index contributed by atoms with van der Waals surface area (Å²) in [5, 5.41) is 12.5. The normalized spacial score (nSPS) is 13.2. The molecule has 0 saturated heterocycles. The molecule has 1 atom stereocenters. The minimum atomic E-state index is -0.832. The zero-order valence-electron chi connectivity index (χ0n) is 10.7. The van der Waals surface area contributed by atoms with Crippen molar-refractivity contribution in [2.24, 2.45) is 5.73 Å². The zero-order valence-corrected chi connectivity index (χ0v) is 10.7. The first-order chi connectivity index (χ1) is 7.76. The first-order valence-corrected chi connectivity index (χ1v) is 5.64. The number of β-amino-alcohol motifs (C(OH)–C–C–N with tert-alkyl or cyclic N) is 1. The number of carbonyl (C=O) groups is 2. The number of nitrogens with one attached hydrogen (secondary N) is 1. The van der Waals surface area contributed by atoms with E-state index in [1.165, 1.54) is 0 Å². The zero-order chi connectivity index (χ0) is 13.5. The Morgan fingerprint density at radius 1 is 1.47 bits per heavy atom. The second kappa shape index (κ2) is 7.24. The Kier molecular flexibility index (Phi) is 6.75. The average molecular weight is 246 g/mol. The van der Waals surface area contributed by atoms with E-state index in [-0.39, 0.29) is 19.4 Å². The molecular weight excluding hydrogens is 224 g/mol. The number of hydrogen-bond donors (Lipinski definition) is 3. The number of aliphatic hydroxyl groups is 1. The van der Waals surface area contributed by atoms with Crippen molar-refractivity contribution in [3.8, 4) is 0 Å². The van der Waals surface area contributed by atoms with Crippen LogP contribution in [0.25, 0.3) is 0 Å². The largest absolute Gasteiger partial charge is 0.466 e. The van der Waals surface area contributed by atoms with Crippen molar-refractivity contribution in [1.29, 1.82) is 0 Å². The van der Waals surface area contributed by atoms with E-state index in [2.05, 4.69) is 5.32 Å². The molecule has 0 rings (SSSR count). The summed E-state index contributed by atoms with van der Waals surface area (Å²) >= 11 is 0. The molecule has 0 aromatic rings. The van der Waals surface area contributed by atoms with Crippen LogP contribution in [-0.2, 0) is 14.3 Å². The summed E-state index contributed by atoms with van der Waals surface area (Å²) in [6, 6.07) is 0. The van der Waals surface area contributed by atoms with Crippen molar-refractivity contribution in [3.05, 3.63) is 0 Å². The molecule has 6 nitrogen and oxygen atoms in total. The summed E-state index contributed by atoms with van der Waals surface area (Å²) in [4.78, 5) is 21.8. The SMILES string of the molecule is CCOC(=O)CC(O)CNC(C)(C)CC(N)=O. The predicted molar refractivity (Wildman–Crippen MR) is 63.1 cm³/mol. The Morgan fingerprint density at radius 3 is 2.53 bits per heavy atom. The van der Waals surface area contributed by atoms with Gasteiger partial charge < -0.3 is 20.9 Å². The van der Waals surface area contributed by atoms with Gasteiger partial charge in [0, 0.05) is 18.5 Å². The Labute approximate surface area is 102 Å². The van der Waals surface area contributed by atoms with E-state index in [4.69, 9.17) is 10.5 Å². The number of ether oxygens (including phenoxy) is 1. The van der Waals surface area contributed by atoms with Crippen LogP contribution in [0.5, 0.6) is 0 Å². The summed E-state index contributed by atoms with van der Waals surface area (Å²) in [7, 11) is 0. The van der Waals surface area contributed by atoms with E-state index in [0.29, 0.717) is 6.61 Å². The maximum atomic E-state index is 11.1. The molecule has 0 aliphatic carbocycles. The third-order valence-electron chi connectivity index (χ3n) is 2.14. The second-order valence-electron chi connectivity index (χ2n) is 4.57. The molecule has 0 bridgehead atoms. The number of amides is 1. The van der Waals surface area contributed by atoms with Gasteiger partial charge in [0.25, 0.3) is 0 Å². The summed E-state index contributed by atoms with van der Waals surface area (Å²) in [5.41, 5.74) is 4.59. The number of rotatable bonds is 8. The third-order valence-corrected chi connectivity index (χ3v) is 2.14. The highest BCUT2D eigenvalue weighted by Gasteiger charge is 2.21. The molecule has 0 aliphatic heterocycles. The van der Waals surface area contributed by atoms with Gasteiger partial charge in [-0.2, -0.15) is 0 Å². The number of nitrogens with two attached hydrogens (primary N) is 1. The standard InChI is InChI=1S/C11H22N2O4/c1-4-17-10(16)5-8(14)7-13-11(2,3)6-9(12)15/h8,13-14H,4-7H2,1-3H3,(H2,12,15). The number of hydrogen-bond acceptors (Lipinski definition) is 5. The molecule has 4 N–H and O–H groups in total.